The van der Waals surface area contributed by atoms with E-state index < -0.39 is 6.04 Å². The third-order valence-corrected chi connectivity index (χ3v) is 5.03. The number of nitrogens with one attached hydrogen (secondary N) is 1. The first-order chi connectivity index (χ1) is 13.4. The molecule has 4 N–H and O–H groups in total. The van der Waals surface area contributed by atoms with Gasteiger partial charge in [0.1, 0.15) is 11.8 Å². The molecule has 9 heteroatoms. The van der Waals surface area contributed by atoms with Crippen molar-refractivity contribution in [3.05, 3.63) is 41.7 Å². The second-order valence-corrected chi connectivity index (χ2v) is 7.82. The minimum Gasteiger partial charge on any atom is -0.508 e. The van der Waals surface area contributed by atoms with Gasteiger partial charge in [-0.1, -0.05) is 31.2 Å². The molecule has 1 aliphatic rings. The molecule has 0 aliphatic carbocycles. The fraction of sp³-hybridized carbons (Fsp3) is 0.550. The van der Waals surface area contributed by atoms with Crippen LogP contribution in [0.3, 0.4) is 0 Å². The highest BCUT2D eigenvalue weighted by Crippen LogP contribution is 2.22. The first kappa shape index (κ1) is 23.1. The number of rotatable bonds is 7. The third-order valence-electron chi connectivity index (χ3n) is 5.03. The molecule has 0 bridgehead atoms. The van der Waals surface area contributed by atoms with Crippen molar-refractivity contribution in [2.45, 2.75) is 38.8 Å². The van der Waals surface area contributed by atoms with Crippen LogP contribution in [-0.2, 0) is 11.2 Å². The zero-order valence-electron chi connectivity index (χ0n) is 17.0. The number of amides is 1. The van der Waals surface area contributed by atoms with E-state index in [1.165, 1.54) is 0 Å². The minimum absolute atomic E-state index is 0. The van der Waals surface area contributed by atoms with Gasteiger partial charge >= 0.3 is 0 Å². The Morgan fingerprint density at radius 3 is 2.52 bits per heavy atom. The highest BCUT2D eigenvalue weighted by atomic mass is 35.5. The second kappa shape index (κ2) is 10.6. The molecule has 1 saturated heterocycles. The number of carbonyl (C=O) groups excluding carboxylic acids is 1. The maximum atomic E-state index is 13.3. The van der Waals surface area contributed by atoms with Gasteiger partial charge < -0.3 is 21.1 Å². The number of hydrogen-bond acceptors (Lipinski definition) is 6. The summed E-state index contributed by atoms with van der Waals surface area (Å²) >= 11 is 0. The van der Waals surface area contributed by atoms with Crippen LogP contribution in [0.4, 0.5) is 0 Å². The molecule has 1 fully saturated rings. The number of nitrogens with two attached hydrogens (primary N) is 1. The molecule has 3 rings (SSSR count). The number of phenols is 1. The van der Waals surface area contributed by atoms with E-state index in [4.69, 9.17) is 5.73 Å². The van der Waals surface area contributed by atoms with Crippen molar-refractivity contribution < 1.29 is 9.90 Å². The summed E-state index contributed by atoms with van der Waals surface area (Å²) in [6.07, 6.45) is 3.09. The maximum absolute atomic E-state index is 13.3. The smallest absolute Gasteiger partial charge is 0.247 e. The molecule has 8 nitrogen and oxygen atoms in total. The van der Waals surface area contributed by atoms with Crippen LogP contribution in [0.5, 0.6) is 5.75 Å². The van der Waals surface area contributed by atoms with Gasteiger partial charge in [0.2, 0.25) is 5.91 Å². The topological polar surface area (TPSA) is 109 Å². The maximum Gasteiger partial charge on any atom is 0.247 e. The Hall–Kier alpha value is -2.16. The molecule has 2 heterocycles. The van der Waals surface area contributed by atoms with Gasteiger partial charge in [-0.2, -0.15) is 0 Å². The van der Waals surface area contributed by atoms with Crippen molar-refractivity contribution >= 4 is 18.3 Å². The van der Waals surface area contributed by atoms with E-state index in [-0.39, 0.29) is 30.1 Å². The number of nitrogens with zero attached hydrogens (tertiary/aromatic N) is 4. The third kappa shape index (κ3) is 6.16. The zero-order valence-corrected chi connectivity index (χ0v) is 17.8. The summed E-state index contributed by atoms with van der Waals surface area (Å²) in [7, 11) is 0. The Balaban J connectivity index is 0.00000300. The lowest BCUT2D eigenvalue weighted by atomic mass is 10.0. The molecule has 0 radical (unpaired) electrons. The van der Waals surface area contributed by atoms with E-state index in [9.17, 15) is 9.90 Å². The molecule has 160 valence electrons. The normalized spacial score (nSPS) is 16.3. The van der Waals surface area contributed by atoms with Gasteiger partial charge in [0, 0.05) is 32.6 Å². The molecule has 1 aromatic carbocycles. The highest BCUT2D eigenvalue weighted by Gasteiger charge is 2.29. The average Bonchev–Trinajstić information content (AvgIpc) is 3.17. The van der Waals surface area contributed by atoms with Crippen molar-refractivity contribution in [2.75, 3.05) is 26.2 Å². The average molecular weight is 423 g/mol. The molecule has 0 unspecified atom stereocenters. The van der Waals surface area contributed by atoms with Crippen LogP contribution < -0.4 is 11.1 Å². The number of hydrogen-bond donors (Lipinski definition) is 3. The van der Waals surface area contributed by atoms with Crippen LogP contribution >= 0.6 is 12.4 Å². The van der Waals surface area contributed by atoms with E-state index in [2.05, 4.69) is 29.5 Å². The Labute approximate surface area is 177 Å². The number of halogens is 1. The van der Waals surface area contributed by atoms with E-state index >= 15 is 0 Å². The summed E-state index contributed by atoms with van der Waals surface area (Å²) in [5.74, 6) is 0.690. The summed E-state index contributed by atoms with van der Waals surface area (Å²) in [4.78, 5) is 15.1. The van der Waals surface area contributed by atoms with Gasteiger partial charge in [0.15, 0.2) is 0 Å². The van der Waals surface area contributed by atoms with Crippen LogP contribution in [0.2, 0.25) is 0 Å². The lowest BCUT2D eigenvalue weighted by molar-refractivity contribution is -0.135. The number of carbonyl (C=O) groups is 1. The van der Waals surface area contributed by atoms with Crippen LogP contribution in [0, 0.1) is 5.92 Å². The number of aromatic nitrogens is 3. The lowest BCUT2D eigenvalue weighted by Gasteiger charge is -2.31. The lowest BCUT2D eigenvalue weighted by Crippen LogP contribution is -2.49. The van der Waals surface area contributed by atoms with Crippen LogP contribution in [0.1, 0.15) is 43.6 Å². The summed E-state index contributed by atoms with van der Waals surface area (Å²) in [6.45, 7) is 7.18. The van der Waals surface area contributed by atoms with Gasteiger partial charge in [-0.3, -0.25) is 4.79 Å². The molecule has 0 saturated carbocycles. The molecule has 2 atom stereocenters. The minimum atomic E-state index is -0.491. The van der Waals surface area contributed by atoms with Crippen molar-refractivity contribution in [3.63, 3.8) is 0 Å². The molecular formula is C20H31ClN6O2. The molecular weight excluding hydrogens is 392 g/mol. The predicted octanol–water partition coefficient (Wildman–Crippen LogP) is 1.67. The van der Waals surface area contributed by atoms with Gasteiger partial charge in [0.25, 0.3) is 0 Å². The number of benzene rings is 1. The Bertz CT molecular complexity index is 774. The van der Waals surface area contributed by atoms with Gasteiger partial charge in [-0.25, -0.2) is 4.68 Å². The number of piperazine rings is 1. The summed E-state index contributed by atoms with van der Waals surface area (Å²) in [5, 5.41) is 21.3. The van der Waals surface area contributed by atoms with Crippen molar-refractivity contribution in [2.24, 2.45) is 11.7 Å². The van der Waals surface area contributed by atoms with E-state index in [1.54, 1.807) is 23.0 Å². The molecule has 1 aliphatic heterocycles. The summed E-state index contributed by atoms with van der Waals surface area (Å²) in [5.41, 5.74) is 7.91. The Morgan fingerprint density at radius 2 is 1.90 bits per heavy atom. The monoisotopic (exact) mass is 422 g/mol. The van der Waals surface area contributed by atoms with Crippen LogP contribution in [0.25, 0.3) is 0 Å². The first-order valence-electron chi connectivity index (χ1n) is 9.88. The van der Waals surface area contributed by atoms with Crippen molar-refractivity contribution in [1.82, 2.24) is 25.2 Å². The Kier molecular flexibility index (Phi) is 8.43. The molecule has 2 aromatic rings. The van der Waals surface area contributed by atoms with E-state index in [0.717, 1.165) is 25.1 Å². The summed E-state index contributed by atoms with van der Waals surface area (Å²) < 4.78 is 1.65. The van der Waals surface area contributed by atoms with Gasteiger partial charge in [0.05, 0.1) is 17.9 Å². The number of aromatic hydroxyl groups is 1. The second-order valence-electron chi connectivity index (χ2n) is 7.82. The SMILES string of the molecule is CC(C)C[C@H](N)c1cn([C@@H](Cc2ccc(O)cc2)C(=O)N2CCNCC2)nn1.Cl. The van der Waals surface area contributed by atoms with Gasteiger partial charge in [-0.05, 0) is 30.0 Å². The molecule has 0 spiro atoms. The first-order valence-corrected chi connectivity index (χ1v) is 9.88. The van der Waals surface area contributed by atoms with Crippen LogP contribution in [0.15, 0.2) is 30.5 Å². The molecule has 29 heavy (non-hydrogen) atoms. The van der Waals surface area contributed by atoms with Gasteiger partial charge in [-0.15, -0.1) is 17.5 Å². The molecule has 1 aromatic heterocycles. The quantitative estimate of drug-likeness (QED) is 0.626. The molecule has 1 amide bonds. The van der Waals surface area contributed by atoms with Crippen LogP contribution in [-0.4, -0.2) is 57.1 Å². The van der Waals surface area contributed by atoms with E-state index in [1.807, 2.05) is 17.0 Å². The predicted molar refractivity (Wildman–Crippen MR) is 114 cm³/mol. The standard InChI is InChI=1S/C20H30N6O2.ClH/c1-14(2)11-17(21)18-13-26(24-23-18)19(12-15-3-5-16(27)6-4-15)20(28)25-9-7-22-8-10-25;/h3-6,13-14,17,19,22,27H,7-12,21H2,1-2H3;1H/t17-,19-;/m0./s1. The van der Waals surface area contributed by atoms with E-state index in [0.29, 0.717) is 31.1 Å². The van der Waals surface area contributed by atoms with Crippen molar-refractivity contribution in [1.29, 1.82) is 0 Å². The van der Waals surface area contributed by atoms with Crippen molar-refractivity contribution in [3.8, 4) is 5.75 Å². The fourth-order valence-corrected chi connectivity index (χ4v) is 3.49. The number of phenolic OH excluding ortho intramolecular Hbond substituents is 1. The summed E-state index contributed by atoms with van der Waals surface area (Å²) in [6, 6.07) is 6.23. The highest BCUT2D eigenvalue weighted by molar-refractivity contribution is 5.85. The Morgan fingerprint density at radius 1 is 1.24 bits per heavy atom. The zero-order chi connectivity index (χ0) is 20.1. The fourth-order valence-electron chi connectivity index (χ4n) is 3.49. The largest absolute Gasteiger partial charge is 0.508 e.